The van der Waals surface area contributed by atoms with Crippen LogP contribution in [0, 0.1) is 3.57 Å². The number of halogens is 1. The summed E-state index contributed by atoms with van der Waals surface area (Å²) >= 11 is 4.10. The lowest BCUT2D eigenvalue weighted by Gasteiger charge is -1.96. The second-order valence-corrected chi connectivity index (χ2v) is 5.12. The third-order valence-corrected chi connectivity index (χ3v) is 4.95. The van der Waals surface area contributed by atoms with E-state index >= 15 is 0 Å². The predicted molar refractivity (Wildman–Crippen MR) is 70.5 cm³/mol. The molecule has 0 N–H and O–H groups in total. The van der Waals surface area contributed by atoms with Gasteiger partial charge in [-0.3, -0.25) is 0 Å². The Hall–Kier alpha value is -0.290. The molecule has 0 saturated carbocycles. The largest absolute Gasteiger partial charge is 0.486 e. The fourth-order valence-electron chi connectivity index (χ4n) is 1.54. The van der Waals surface area contributed by atoms with Crippen LogP contribution in [0.4, 0.5) is 0 Å². The van der Waals surface area contributed by atoms with Crippen molar-refractivity contribution in [3.05, 3.63) is 27.3 Å². The van der Waals surface area contributed by atoms with E-state index in [1.807, 2.05) is 0 Å². The minimum atomic E-state index is 1.03. The highest BCUT2D eigenvalue weighted by molar-refractivity contribution is 14.1. The van der Waals surface area contributed by atoms with E-state index in [1.165, 1.54) is 19.2 Å². The van der Waals surface area contributed by atoms with E-state index in [0.717, 1.165) is 11.5 Å². The van der Waals surface area contributed by atoms with Crippen molar-refractivity contribution in [2.75, 3.05) is 7.11 Å². The van der Waals surface area contributed by atoms with Gasteiger partial charge in [0.1, 0.15) is 0 Å². The smallest absolute Gasteiger partial charge is 0.188 e. The lowest BCUT2D eigenvalue weighted by atomic mass is 10.1. The molecule has 0 aliphatic rings. The highest BCUT2D eigenvalue weighted by atomic mass is 127. The maximum absolute atomic E-state index is 5.34. The Bertz CT molecular complexity index is 462. The van der Waals surface area contributed by atoms with Crippen molar-refractivity contribution in [1.29, 1.82) is 0 Å². The van der Waals surface area contributed by atoms with Crippen LogP contribution in [-0.2, 0) is 6.42 Å². The van der Waals surface area contributed by atoms with Crippen LogP contribution >= 0.6 is 33.9 Å². The molecule has 0 unspecified atom stereocenters. The zero-order valence-corrected chi connectivity index (χ0v) is 11.1. The number of ether oxygens (including phenoxy) is 1. The molecule has 0 saturated heterocycles. The number of hydrogen-bond acceptors (Lipinski definition) is 2. The van der Waals surface area contributed by atoms with Gasteiger partial charge in [-0.15, -0.1) is 0 Å². The molecular formula is C11H11IOS. The third-order valence-electron chi connectivity index (χ3n) is 2.27. The Morgan fingerprint density at radius 2 is 2.21 bits per heavy atom. The molecule has 0 spiro atoms. The van der Waals surface area contributed by atoms with Crippen LogP contribution in [0.1, 0.15) is 12.5 Å². The summed E-state index contributed by atoms with van der Waals surface area (Å²) in [7, 11) is 1.73. The number of rotatable bonds is 2. The molecule has 0 fully saturated rings. The molecular weight excluding hydrogens is 307 g/mol. The summed E-state index contributed by atoms with van der Waals surface area (Å²) in [5.74, 6) is 0. The van der Waals surface area contributed by atoms with Crippen LogP contribution in [0.5, 0.6) is 5.06 Å². The summed E-state index contributed by atoms with van der Waals surface area (Å²) in [4.78, 5) is 0. The maximum atomic E-state index is 5.34. The molecule has 0 aliphatic heterocycles. The van der Waals surface area contributed by atoms with Crippen molar-refractivity contribution in [1.82, 2.24) is 0 Å². The molecule has 3 heteroatoms. The molecule has 0 amide bonds. The number of fused-ring (bicyclic) bond motifs is 1. The Balaban J connectivity index is 2.77. The molecule has 1 aromatic heterocycles. The topological polar surface area (TPSA) is 9.23 Å². The van der Waals surface area contributed by atoms with Crippen LogP contribution in [0.2, 0.25) is 0 Å². The highest BCUT2D eigenvalue weighted by Crippen LogP contribution is 2.39. The van der Waals surface area contributed by atoms with Gasteiger partial charge in [-0.2, -0.15) is 0 Å². The van der Waals surface area contributed by atoms with Crippen molar-refractivity contribution in [3.63, 3.8) is 0 Å². The van der Waals surface area contributed by atoms with Gasteiger partial charge in [-0.25, -0.2) is 0 Å². The van der Waals surface area contributed by atoms with Gasteiger partial charge in [0.15, 0.2) is 5.06 Å². The first-order valence-electron chi connectivity index (χ1n) is 4.51. The number of benzene rings is 1. The Morgan fingerprint density at radius 1 is 1.43 bits per heavy atom. The van der Waals surface area contributed by atoms with Gasteiger partial charge < -0.3 is 4.74 Å². The van der Waals surface area contributed by atoms with Crippen molar-refractivity contribution in [2.24, 2.45) is 0 Å². The average Bonchev–Trinajstić information content (AvgIpc) is 2.55. The quantitative estimate of drug-likeness (QED) is 0.758. The van der Waals surface area contributed by atoms with Gasteiger partial charge in [0.05, 0.1) is 10.7 Å². The van der Waals surface area contributed by atoms with Gasteiger partial charge >= 0.3 is 0 Å². The Morgan fingerprint density at radius 3 is 2.86 bits per heavy atom. The SMILES string of the molecule is CCc1cccc2c(I)c(OC)sc12. The molecule has 0 aliphatic carbocycles. The van der Waals surface area contributed by atoms with Gasteiger partial charge in [0, 0.05) is 10.1 Å². The molecule has 1 heterocycles. The van der Waals surface area contributed by atoms with Crippen molar-refractivity contribution < 1.29 is 4.74 Å². The molecule has 0 atom stereocenters. The molecule has 2 rings (SSSR count). The summed E-state index contributed by atoms with van der Waals surface area (Å²) in [5, 5.41) is 2.35. The number of thiophene rings is 1. The first kappa shape index (κ1) is 10.2. The summed E-state index contributed by atoms with van der Waals surface area (Å²) in [5.41, 5.74) is 1.41. The molecule has 14 heavy (non-hydrogen) atoms. The Labute approximate surface area is 101 Å². The zero-order valence-electron chi connectivity index (χ0n) is 8.13. The van der Waals surface area contributed by atoms with Crippen LogP contribution in [-0.4, -0.2) is 7.11 Å². The van der Waals surface area contributed by atoms with Crippen LogP contribution in [0.3, 0.4) is 0 Å². The van der Waals surface area contributed by atoms with Crippen LogP contribution < -0.4 is 4.74 Å². The first-order chi connectivity index (χ1) is 6.77. The lowest BCUT2D eigenvalue weighted by Crippen LogP contribution is -1.79. The van der Waals surface area contributed by atoms with E-state index in [1.54, 1.807) is 18.4 Å². The minimum absolute atomic E-state index is 1.03. The third kappa shape index (κ3) is 1.52. The fraction of sp³-hybridized carbons (Fsp3) is 0.273. The van der Waals surface area contributed by atoms with E-state index in [0.29, 0.717) is 0 Å². The summed E-state index contributed by atoms with van der Waals surface area (Å²) < 4.78 is 7.95. The molecule has 74 valence electrons. The molecule has 0 radical (unpaired) electrons. The average molecular weight is 318 g/mol. The summed E-state index contributed by atoms with van der Waals surface area (Å²) in [6.07, 6.45) is 1.08. The second-order valence-electron chi connectivity index (χ2n) is 3.06. The van der Waals surface area contributed by atoms with Crippen LogP contribution in [0.25, 0.3) is 10.1 Å². The van der Waals surface area contributed by atoms with E-state index < -0.39 is 0 Å². The van der Waals surface area contributed by atoms with Gasteiger partial charge in [0.2, 0.25) is 0 Å². The molecule has 1 nitrogen and oxygen atoms in total. The van der Waals surface area contributed by atoms with E-state index in [4.69, 9.17) is 4.74 Å². The number of hydrogen-bond donors (Lipinski definition) is 0. The van der Waals surface area contributed by atoms with E-state index in [2.05, 4.69) is 47.7 Å². The van der Waals surface area contributed by atoms with Gasteiger partial charge in [-0.1, -0.05) is 36.5 Å². The minimum Gasteiger partial charge on any atom is -0.486 e. The standard InChI is InChI=1S/C11H11IOS/c1-3-7-5-4-6-8-9(12)11(13-2)14-10(7)8/h4-6H,3H2,1-2H3. The van der Waals surface area contributed by atoms with Crippen molar-refractivity contribution in [3.8, 4) is 5.06 Å². The van der Waals surface area contributed by atoms with Crippen molar-refractivity contribution in [2.45, 2.75) is 13.3 Å². The normalized spacial score (nSPS) is 10.8. The lowest BCUT2D eigenvalue weighted by molar-refractivity contribution is 0.425. The maximum Gasteiger partial charge on any atom is 0.188 e. The number of aryl methyl sites for hydroxylation is 1. The molecule has 2 aromatic rings. The number of methoxy groups -OCH3 is 1. The molecule has 0 bridgehead atoms. The van der Waals surface area contributed by atoms with Crippen molar-refractivity contribution >= 4 is 44.0 Å². The van der Waals surface area contributed by atoms with Gasteiger partial charge in [-0.05, 0) is 34.6 Å². The van der Waals surface area contributed by atoms with Gasteiger partial charge in [0.25, 0.3) is 0 Å². The summed E-state index contributed by atoms with van der Waals surface area (Å²) in [6.45, 7) is 2.19. The predicted octanol–water partition coefficient (Wildman–Crippen LogP) is 4.08. The first-order valence-corrected chi connectivity index (χ1v) is 6.41. The highest BCUT2D eigenvalue weighted by Gasteiger charge is 2.11. The fourth-order valence-corrected chi connectivity index (χ4v) is 3.81. The monoisotopic (exact) mass is 318 g/mol. The zero-order chi connectivity index (χ0) is 10.1. The van der Waals surface area contributed by atoms with Crippen LogP contribution in [0.15, 0.2) is 18.2 Å². The second kappa shape index (κ2) is 4.06. The molecule has 1 aromatic carbocycles. The van der Waals surface area contributed by atoms with E-state index in [9.17, 15) is 0 Å². The Kier molecular flexibility index (Phi) is 2.97. The summed E-state index contributed by atoms with van der Waals surface area (Å²) in [6, 6.07) is 6.47. The van der Waals surface area contributed by atoms with E-state index in [-0.39, 0.29) is 0 Å².